The van der Waals surface area contributed by atoms with Crippen LogP contribution in [0.1, 0.15) is 50.3 Å². The highest BCUT2D eigenvalue weighted by Gasteiger charge is 2.47. The molecule has 1 aromatic carbocycles. The first kappa shape index (κ1) is 24.3. The number of rotatable bonds is 6. The second-order valence-electron chi connectivity index (χ2n) is 10.3. The molecule has 1 N–H and O–H groups in total. The lowest BCUT2D eigenvalue weighted by atomic mass is 9.77. The molecular weight excluding hydrogens is 478 g/mol. The van der Waals surface area contributed by atoms with E-state index < -0.39 is 25.3 Å². The minimum atomic E-state index is -3.59. The molecule has 11 heteroatoms. The molecule has 0 bridgehead atoms. The number of nitrogens with zero attached hydrogens (tertiary/aromatic N) is 2. The molecule has 5 rings (SSSR count). The van der Waals surface area contributed by atoms with Gasteiger partial charge in [0.2, 0.25) is 26.8 Å². The Morgan fingerprint density at radius 2 is 1.85 bits per heavy atom. The van der Waals surface area contributed by atoms with Crippen LogP contribution in [-0.4, -0.2) is 76.6 Å². The topological polar surface area (TPSA) is 105 Å². The lowest BCUT2D eigenvalue weighted by molar-refractivity contribution is 0.0214. The van der Waals surface area contributed by atoms with E-state index >= 15 is 0 Å². The summed E-state index contributed by atoms with van der Waals surface area (Å²) in [7, 11) is -6.96. The maximum Gasteiger partial charge on any atom is 0.231 e. The van der Waals surface area contributed by atoms with Gasteiger partial charge in [0.25, 0.3) is 0 Å². The lowest BCUT2D eigenvalue weighted by Crippen LogP contribution is -2.59. The third kappa shape index (κ3) is 4.45. The molecule has 4 aliphatic rings. The second kappa shape index (κ2) is 8.92. The van der Waals surface area contributed by atoms with Crippen molar-refractivity contribution in [3.05, 3.63) is 23.3 Å². The molecule has 0 spiro atoms. The first-order valence-corrected chi connectivity index (χ1v) is 15.6. The molecule has 1 aromatic rings. The number of hydrogen-bond donors (Lipinski definition) is 1. The van der Waals surface area contributed by atoms with Gasteiger partial charge in [0.1, 0.15) is 0 Å². The highest BCUT2D eigenvalue weighted by Crippen LogP contribution is 2.47. The van der Waals surface area contributed by atoms with Crippen molar-refractivity contribution < 1.29 is 26.3 Å². The number of sulfonamides is 2. The summed E-state index contributed by atoms with van der Waals surface area (Å²) in [6.07, 6.45) is 4.71. The largest absolute Gasteiger partial charge is 0.454 e. The third-order valence-electron chi connectivity index (χ3n) is 8.17. The van der Waals surface area contributed by atoms with Crippen LogP contribution < -0.4 is 14.2 Å². The van der Waals surface area contributed by atoms with E-state index in [1.165, 1.54) is 11.1 Å². The minimum Gasteiger partial charge on any atom is -0.454 e. The van der Waals surface area contributed by atoms with Crippen LogP contribution in [0.2, 0.25) is 0 Å². The predicted molar refractivity (Wildman–Crippen MR) is 129 cm³/mol. The summed E-state index contributed by atoms with van der Waals surface area (Å²) in [5.74, 6) is 1.55. The number of nitrogens with one attached hydrogen (secondary N) is 1. The number of ether oxygens (including phenoxy) is 2. The van der Waals surface area contributed by atoms with Crippen LogP contribution >= 0.6 is 0 Å². The molecule has 34 heavy (non-hydrogen) atoms. The van der Waals surface area contributed by atoms with Gasteiger partial charge in [0.05, 0.1) is 11.5 Å². The summed E-state index contributed by atoms with van der Waals surface area (Å²) in [5, 5.41) is -0.675. The monoisotopic (exact) mass is 513 g/mol. The van der Waals surface area contributed by atoms with E-state index in [2.05, 4.69) is 21.8 Å². The van der Waals surface area contributed by atoms with Gasteiger partial charge in [-0.3, -0.25) is 4.90 Å². The fourth-order valence-corrected chi connectivity index (χ4v) is 8.76. The zero-order valence-electron chi connectivity index (χ0n) is 20.1. The quantitative estimate of drug-likeness (QED) is 0.617. The molecule has 4 aliphatic heterocycles. The first-order chi connectivity index (χ1) is 16.0. The maximum absolute atomic E-state index is 13.8. The molecular formula is C23H35N3O6S2. The van der Waals surface area contributed by atoms with E-state index in [1.807, 2.05) is 0 Å². The van der Waals surface area contributed by atoms with E-state index in [4.69, 9.17) is 9.47 Å². The Balaban J connectivity index is 1.39. The fourth-order valence-electron chi connectivity index (χ4n) is 6.07. The van der Waals surface area contributed by atoms with E-state index in [0.29, 0.717) is 12.5 Å². The van der Waals surface area contributed by atoms with Crippen LogP contribution in [0.4, 0.5) is 0 Å². The van der Waals surface area contributed by atoms with Crippen LogP contribution in [0.15, 0.2) is 12.1 Å². The fraction of sp³-hybridized carbons (Fsp3) is 0.739. The molecule has 0 aliphatic carbocycles. The number of hydrogen-bond acceptors (Lipinski definition) is 7. The van der Waals surface area contributed by atoms with Gasteiger partial charge >= 0.3 is 0 Å². The van der Waals surface area contributed by atoms with Gasteiger partial charge in [0, 0.05) is 38.3 Å². The molecule has 0 radical (unpaired) electrons. The molecule has 2 fully saturated rings. The van der Waals surface area contributed by atoms with Crippen molar-refractivity contribution in [3.8, 4) is 11.5 Å². The summed E-state index contributed by atoms with van der Waals surface area (Å²) in [4.78, 5) is 2.52. The molecule has 0 amide bonds. The van der Waals surface area contributed by atoms with E-state index in [-0.39, 0.29) is 31.3 Å². The van der Waals surface area contributed by atoms with Gasteiger partial charge in [-0.15, -0.1) is 0 Å². The molecule has 0 aromatic heterocycles. The molecule has 2 unspecified atom stereocenters. The predicted octanol–water partition coefficient (Wildman–Crippen LogP) is 1.70. The summed E-state index contributed by atoms with van der Waals surface area (Å²) in [6, 6.07) is 4.30. The Bertz CT molecular complexity index is 1160. The van der Waals surface area contributed by atoms with E-state index in [1.54, 1.807) is 18.2 Å². The average Bonchev–Trinajstić information content (AvgIpc) is 3.25. The van der Waals surface area contributed by atoms with Crippen molar-refractivity contribution in [1.82, 2.24) is 13.9 Å². The molecule has 2 saturated heterocycles. The standard InChI is InChI=1S/C23H35N3O6S2/c1-15(12-24-33(3,27)28)16(2)34(29,30)26-7-4-5-18-13-25-8-6-17-9-22-23(32-14-31-22)10-19(17)21(25)11-20(18)26/h9-10,15-16,18,20-21,24H,4-8,11-14H2,1-3H3/t15?,16?,18-,20+,21+/m1/s1. The highest BCUT2D eigenvalue weighted by atomic mass is 32.2. The summed E-state index contributed by atoms with van der Waals surface area (Å²) < 4.78 is 66.0. The van der Waals surface area contributed by atoms with Gasteiger partial charge < -0.3 is 9.47 Å². The number of fused-ring (bicyclic) bond motifs is 5. The van der Waals surface area contributed by atoms with Crippen LogP contribution in [0.5, 0.6) is 11.5 Å². The Kier molecular flexibility index (Phi) is 6.37. The molecule has 4 heterocycles. The molecule has 0 saturated carbocycles. The van der Waals surface area contributed by atoms with Crippen molar-refractivity contribution >= 4 is 20.0 Å². The average molecular weight is 514 g/mol. The van der Waals surface area contributed by atoms with E-state index in [9.17, 15) is 16.8 Å². The molecule has 5 atom stereocenters. The Morgan fingerprint density at radius 3 is 2.59 bits per heavy atom. The molecule has 190 valence electrons. The van der Waals surface area contributed by atoms with Gasteiger partial charge in [-0.05, 0) is 67.7 Å². The smallest absolute Gasteiger partial charge is 0.231 e. The number of piperidine rings is 2. The van der Waals surface area contributed by atoms with Crippen molar-refractivity contribution in [1.29, 1.82) is 0 Å². The summed E-state index contributed by atoms with van der Waals surface area (Å²) in [5.41, 5.74) is 2.50. The normalized spacial score (nSPS) is 29.1. The van der Waals surface area contributed by atoms with Crippen LogP contribution in [0, 0.1) is 11.8 Å². The zero-order valence-corrected chi connectivity index (χ0v) is 21.7. The Hall–Kier alpha value is -1.40. The first-order valence-electron chi connectivity index (χ1n) is 12.2. The third-order valence-corrected chi connectivity index (χ3v) is 11.4. The van der Waals surface area contributed by atoms with Crippen molar-refractivity contribution in [2.24, 2.45) is 11.8 Å². The van der Waals surface area contributed by atoms with Crippen molar-refractivity contribution in [2.75, 3.05) is 39.2 Å². The minimum absolute atomic E-state index is 0.0473. The van der Waals surface area contributed by atoms with Gasteiger partial charge in [-0.2, -0.15) is 4.31 Å². The van der Waals surface area contributed by atoms with Crippen LogP contribution in [0.3, 0.4) is 0 Å². The highest BCUT2D eigenvalue weighted by molar-refractivity contribution is 7.89. The second-order valence-corrected chi connectivity index (χ2v) is 14.4. The van der Waals surface area contributed by atoms with Gasteiger partial charge in [0.15, 0.2) is 11.5 Å². The molecule has 9 nitrogen and oxygen atoms in total. The summed E-state index contributed by atoms with van der Waals surface area (Å²) >= 11 is 0. The van der Waals surface area contributed by atoms with Crippen molar-refractivity contribution in [2.45, 2.75) is 56.9 Å². The van der Waals surface area contributed by atoms with Crippen LogP contribution in [-0.2, 0) is 26.5 Å². The Labute approximate surface area is 202 Å². The number of benzene rings is 1. The van der Waals surface area contributed by atoms with E-state index in [0.717, 1.165) is 56.5 Å². The maximum atomic E-state index is 13.8. The van der Waals surface area contributed by atoms with Crippen LogP contribution in [0.25, 0.3) is 0 Å². The lowest BCUT2D eigenvalue weighted by Gasteiger charge is -2.52. The van der Waals surface area contributed by atoms with Gasteiger partial charge in [-0.1, -0.05) is 6.92 Å². The zero-order chi connectivity index (χ0) is 24.3. The Morgan fingerprint density at radius 1 is 1.12 bits per heavy atom. The SMILES string of the molecule is CC(CNS(C)(=O)=O)C(C)S(=O)(=O)N1CCC[C@@H]2CN3CCc4cc5c(cc4[C@@H]3C[C@@H]21)OCO5. The summed E-state index contributed by atoms with van der Waals surface area (Å²) in [6.45, 7) is 6.25. The van der Waals surface area contributed by atoms with Crippen molar-refractivity contribution in [3.63, 3.8) is 0 Å². The van der Waals surface area contributed by atoms with Gasteiger partial charge in [-0.25, -0.2) is 21.6 Å².